The first-order valence-electron chi connectivity index (χ1n) is 8.66. The number of hydrogen-bond acceptors (Lipinski definition) is 6. The van der Waals surface area contributed by atoms with Gasteiger partial charge in [0.1, 0.15) is 10.6 Å². The third-order valence-electron chi connectivity index (χ3n) is 3.50. The van der Waals surface area contributed by atoms with E-state index in [1.54, 1.807) is 20.8 Å². The van der Waals surface area contributed by atoms with E-state index >= 15 is 0 Å². The van der Waals surface area contributed by atoms with Crippen LogP contribution in [0.1, 0.15) is 20.8 Å². The lowest BCUT2D eigenvalue weighted by Gasteiger charge is -2.28. The van der Waals surface area contributed by atoms with Gasteiger partial charge in [-0.25, -0.2) is 18.9 Å². The van der Waals surface area contributed by atoms with Gasteiger partial charge in [-0.1, -0.05) is 23.7 Å². The van der Waals surface area contributed by atoms with Crippen LogP contribution in [-0.4, -0.2) is 44.2 Å². The summed E-state index contributed by atoms with van der Waals surface area (Å²) in [4.78, 5) is 32.4. The SMILES string of the molecule is CC(C)(C)OC(=O)N(c1ccccc1S(C)(=O)=NC(=O)C(F)(F)F)c1nc(Cl)ncc1Cl. The molecule has 0 aliphatic heterocycles. The van der Waals surface area contributed by atoms with Gasteiger partial charge in [-0.2, -0.15) is 18.2 Å². The molecule has 1 atom stereocenters. The minimum absolute atomic E-state index is 0.166. The monoisotopic (exact) mass is 512 g/mol. The largest absolute Gasteiger partial charge is 0.474 e. The summed E-state index contributed by atoms with van der Waals surface area (Å²) in [6.07, 6.45) is -4.47. The lowest BCUT2D eigenvalue weighted by atomic mass is 10.2. The fourth-order valence-corrected chi connectivity index (χ4v) is 4.02. The van der Waals surface area contributed by atoms with Crippen molar-refractivity contribution >= 4 is 56.4 Å². The molecule has 174 valence electrons. The molecule has 0 spiro atoms. The van der Waals surface area contributed by atoms with Gasteiger partial charge in [0.15, 0.2) is 5.82 Å². The first-order chi connectivity index (χ1) is 14.5. The van der Waals surface area contributed by atoms with Crippen LogP contribution in [0.3, 0.4) is 0 Å². The van der Waals surface area contributed by atoms with Gasteiger partial charge in [-0.15, -0.1) is 4.36 Å². The topological polar surface area (TPSA) is 102 Å². The van der Waals surface area contributed by atoms with Crippen LogP contribution in [-0.2, 0) is 19.3 Å². The van der Waals surface area contributed by atoms with E-state index in [4.69, 9.17) is 27.9 Å². The van der Waals surface area contributed by atoms with E-state index in [2.05, 4.69) is 14.3 Å². The number of rotatable bonds is 3. The number of nitrogens with zero attached hydrogens (tertiary/aromatic N) is 4. The highest BCUT2D eigenvalue weighted by atomic mass is 35.5. The fraction of sp³-hybridized carbons (Fsp3) is 0.333. The molecule has 1 aromatic heterocycles. The van der Waals surface area contributed by atoms with Gasteiger partial charge in [-0.3, -0.25) is 4.79 Å². The number of aromatic nitrogens is 2. The van der Waals surface area contributed by atoms with Crippen LogP contribution in [0.25, 0.3) is 0 Å². The van der Waals surface area contributed by atoms with E-state index in [0.29, 0.717) is 0 Å². The van der Waals surface area contributed by atoms with Crippen LogP contribution in [0.4, 0.5) is 29.5 Å². The summed E-state index contributed by atoms with van der Waals surface area (Å²) in [5.74, 6) is -2.82. The number of amides is 2. The molecule has 2 amide bonds. The van der Waals surface area contributed by atoms with E-state index in [1.165, 1.54) is 18.2 Å². The van der Waals surface area contributed by atoms with Crippen molar-refractivity contribution in [2.75, 3.05) is 11.2 Å². The van der Waals surface area contributed by atoms with Crippen molar-refractivity contribution in [1.29, 1.82) is 0 Å². The average molecular weight is 513 g/mol. The molecule has 1 unspecified atom stereocenters. The Bertz CT molecular complexity index is 1180. The number of carbonyl (C=O) groups excluding carboxylic acids is 2. The molecule has 0 bridgehead atoms. The number of anilines is 2. The summed E-state index contributed by atoms with van der Waals surface area (Å²) in [6.45, 7) is 4.72. The first kappa shape index (κ1) is 25.8. The molecule has 8 nitrogen and oxygen atoms in total. The number of halogens is 5. The molecular weight excluding hydrogens is 496 g/mol. The van der Waals surface area contributed by atoms with E-state index in [0.717, 1.165) is 23.4 Å². The Labute approximate surface area is 191 Å². The van der Waals surface area contributed by atoms with Crippen LogP contribution < -0.4 is 4.90 Å². The van der Waals surface area contributed by atoms with Crippen molar-refractivity contribution in [1.82, 2.24) is 9.97 Å². The predicted molar refractivity (Wildman–Crippen MR) is 113 cm³/mol. The minimum atomic E-state index is -5.33. The maximum atomic E-state index is 13.1. The van der Waals surface area contributed by atoms with Crippen molar-refractivity contribution in [3.8, 4) is 0 Å². The molecule has 0 aliphatic rings. The van der Waals surface area contributed by atoms with E-state index < -0.39 is 33.5 Å². The number of ether oxygens (including phenoxy) is 1. The number of para-hydroxylation sites is 1. The van der Waals surface area contributed by atoms with Gasteiger partial charge in [0.25, 0.3) is 0 Å². The zero-order chi connectivity index (χ0) is 24.5. The molecule has 14 heteroatoms. The molecule has 2 rings (SSSR count). The third-order valence-corrected chi connectivity index (χ3v) is 5.62. The van der Waals surface area contributed by atoms with E-state index in [1.807, 2.05) is 0 Å². The van der Waals surface area contributed by atoms with Crippen molar-refractivity contribution < 1.29 is 31.7 Å². The van der Waals surface area contributed by atoms with Crippen LogP contribution >= 0.6 is 23.2 Å². The minimum Gasteiger partial charge on any atom is -0.443 e. The lowest BCUT2D eigenvalue weighted by molar-refractivity contribution is -0.169. The maximum Gasteiger partial charge on any atom is 0.474 e. The molecule has 0 saturated heterocycles. The molecule has 2 aromatic rings. The Kier molecular flexibility index (Phi) is 7.42. The van der Waals surface area contributed by atoms with Gasteiger partial charge in [0.05, 0.1) is 26.5 Å². The number of hydrogen-bond donors (Lipinski definition) is 0. The second kappa shape index (κ2) is 9.20. The van der Waals surface area contributed by atoms with Crippen molar-refractivity contribution in [3.63, 3.8) is 0 Å². The third kappa shape index (κ3) is 6.30. The maximum absolute atomic E-state index is 13.1. The Balaban J connectivity index is 2.81. The van der Waals surface area contributed by atoms with Crippen LogP contribution in [0.5, 0.6) is 0 Å². The molecule has 32 heavy (non-hydrogen) atoms. The van der Waals surface area contributed by atoms with Gasteiger partial charge in [0, 0.05) is 6.26 Å². The van der Waals surface area contributed by atoms with Crippen LogP contribution in [0.15, 0.2) is 39.7 Å². The quantitative estimate of drug-likeness (QED) is 0.510. The van der Waals surface area contributed by atoms with E-state index in [-0.39, 0.29) is 26.7 Å². The molecule has 0 radical (unpaired) electrons. The Morgan fingerprint density at radius 1 is 1.16 bits per heavy atom. The highest BCUT2D eigenvalue weighted by Gasteiger charge is 2.40. The second-order valence-corrected chi connectivity index (χ2v) is 10.3. The summed E-state index contributed by atoms with van der Waals surface area (Å²) >= 11 is 12.0. The van der Waals surface area contributed by atoms with Crippen LogP contribution in [0.2, 0.25) is 10.3 Å². The highest BCUT2D eigenvalue weighted by Crippen LogP contribution is 2.36. The summed E-state index contributed by atoms with van der Waals surface area (Å²) in [6, 6.07) is 5.16. The van der Waals surface area contributed by atoms with Gasteiger partial charge >= 0.3 is 18.2 Å². The fourth-order valence-electron chi connectivity index (χ4n) is 2.32. The van der Waals surface area contributed by atoms with Gasteiger partial charge in [0.2, 0.25) is 5.28 Å². The van der Waals surface area contributed by atoms with Crippen molar-refractivity contribution in [3.05, 3.63) is 40.8 Å². The van der Waals surface area contributed by atoms with Gasteiger partial charge < -0.3 is 4.74 Å². The van der Waals surface area contributed by atoms with Crippen molar-refractivity contribution in [2.24, 2.45) is 4.36 Å². The normalized spacial score (nSPS) is 13.8. The average Bonchev–Trinajstić information content (AvgIpc) is 2.62. The molecule has 0 N–H and O–H groups in total. The Morgan fingerprint density at radius 3 is 2.31 bits per heavy atom. The molecular formula is C18H17Cl2F3N4O4S. The molecule has 0 saturated carbocycles. The Hall–Kier alpha value is -2.44. The lowest BCUT2D eigenvalue weighted by Crippen LogP contribution is -2.35. The standard InChI is InChI=1S/C18H17Cl2F3N4O4S/c1-17(2,3)31-16(29)27(13-10(19)9-24-15(20)25-13)11-7-5-6-8-12(11)32(4,30)26-14(28)18(21,22)23/h5-9H,1-4H3. The number of carbonyl (C=O) groups is 2. The number of alkyl halides is 3. The molecule has 0 fully saturated rings. The van der Waals surface area contributed by atoms with Crippen molar-refractivity contribution in [2.45, 2.75) is 37.4 Å². The van der Waals surface area contributed by atoms with Gasteiger partial charge in [-0.05, 0) is 44.5 Å². The number of benzene rings is 1. The highest BCUT2D eigenvalue weighted by molar-refractivity contribution is 7.93. The second-order valence-electron chi connectivity index (χ2n) is 7.29. The van der Waals surface area contributed by atoms with Crippen LogP contribution in [0, 0.1) is 0 Å². The van der Waals surface area contributed by atoms with E-state index in [9.17, 15) is 27.0 Å². The summed E-state index contributed by atoms with van der Waals surface area (Å²) < 4.78 is 59.5. The zero-order valence-electron chi connectivity index (χ0n) is 17.1. The molecule has 1 heterocycles. The predicted octanol–water partition coefficient (Wildman–Crippen LogP) is 5.40. The zero-order valence-corrected chi connectivity index (χ0v) is 19.4. The smallest absolute Gasteiger partial charge is 0.443 e. The molecule has 0 aliphatic carbocycles. The summed E-state index contributed by atoms with van der Waals surface area (Å²) in [7, 11) is -3.99. The summed E-state index contributed by atoms with van der Waals surface area (Å²) in [5, 5.41) is -0.467. The first-order valence-corrected chi connectivity index (χ1v) is 11.3. The Morgan fingerprint density at radius 2 is 1.75 bits per heavy atom. The molecule has 1 aromatic carbocycles. The summed E-state index contributed by atoms with van der Waals surface area (Å²) in [5.41, 5.74) is -1.23.